The van der Waals surface area contributed by atoms with E-state index in [1.165, 1.54) is 44.3 Å². The Kier molecular flexibility index (Phi) is 3.01. The van der Waals surface area contributed by atoms with Gasteiger partial charge in [0.2, 0.25) is 0 Å². The summed E-state index contributed by atoms with van der Waals surface area (Å²) in [5.41, 5.74) is 5.87. The average molecular weight is 341 g/mol. The summed E-state index contributed by atoms with van der Waals surface area (Å²) >= 11 is 0. The number of rotatable bonds is 1. The van der Waals surface area contributed by atoms with Gasteiger partial charge in [0, 0.05) is 6.42 Å². The summed E-state index contributed by atoms with van der Waals surface area (Å²) in [5.74, 6) is 3.84. The minimum atomic E-state index is 0.509. The third kappa shape index (κ3) is 1.68. The summed E-state index contributed by atoms with van der Waals surface area (Å²) < 4.78 is 5.60. The van der Waals surface area contributed by atoms with Crippen LogP contribution in [0.15, 0.2) is 23.0 Å². The second-order valence-electron chi connectivity index (χ2n) is 11.3. The van der Waals surface area contributed by atoms with Gasteiger partial charge in [-0.2, -0.15) is 0 Å². The Labute approximate surface area is 154 Å². The highest BCUT2D eigenvalue weighted by molar-refractivity contribution is 5.39. The van der Waals surface area contributed by atoms with Gasteiger partial charge in [-0.15, -0.1) is 0 Å². The number of ether oxygens (including phenoxy) is 1. The molecule has 5 aliphatic rings. The third-order valence-corrected chi connectivity index (χ3v) is 10.2. The van der Waals surface area contributed by atoms with Gasteiger partial charge >= 0.3 is 0 Å². The molecule has 0 aliphatic heterocycles. The quantitative estimate of drug-likeness (QED) is 0.495. The van der Waals surface area contributed by atoms with E-state index >= 15 is 0 Å². The van der Waals surface area contributed by atoms with Gasteiger partial charge in [-0.05, 0) is 84.0 Å². The molecule has 3 saturated carbocycles. The fourth-order valence-electron chi connectivity index (χ4n) is 9.17. The largest absolute Gasteiger partial charge is 0.501 e. The summed E-state index contributed by atoms with van der Waals surface area (Å²) in [6, 6.07) is 0. The zero-order valence-electron chi connectivity index (χ0n) is 17.2. The molecule has 0 aromatic rings. The molecular formula is C24H36O. The van der Waals surface area contributed by atoms with Crippen LogP contribution >= 0.6 is 0 Å². The summed E-state index contributed by atoms with van der Waals surface area (Å²) in [6.45, 7) is 13.1. The molecule has 0 bridgehead atoms. The van der Waals surface area contributed by atoms with E-state index in [9.17, 15) is 0 Å². The van der Waals surface area contributed by atoms with Gasteiger partial charge in [-0.1, -0.05) is 45.8 Å². The zero-order chi connectivity index (χ0) is 17.8. The van der Waals surface area contributed by atoms with Crippen molar-refractivity contribution in [3.63, 3.8) is 0 Å². The predicted molar refractivity (Wildman–Crippen MR) is 103 cm³/mol. The molecule has 5 aliphatic carbocycles. The molecule has 6 unspecified atom stereocenters. The molecule has 25 heavy (non-hydrogen) atoms. The molecule has 0 aromatic heterocycles. The predicted octanol–water partition coefficient (Wildman–Crippen LogP) is 6.51. The topological polar surface area (TPSA) is 9.23 Å². The maximum atomic E-state index is 5.60. The van der Waals surface area contributed by atoms with Crippen molar-refractivity contribution in [2.24, 2.45) is 39.4 Å². The second kappa shape index (κ2) is 4.57. The summed E-state index contributed by atoms with van der Waals surface area (Å²) in [5, 5.41) is 0. The molecule has 0 heterocycles. The minimum absolute atomic E-state index is 0.509. The molecule has 0 saturated heterocycles. The lowest BCUT2D eigenvalue weighted by Gasteiger charge is -2.59. The van der Waals surface area contributed by atoms with E-state index in [2.05, 4.69) is 40.7 Å². The van der Waals surface area contributed by atoms with E-state index in [1.807, 2.05) is 12.7 Å². The SMILES string of the molecule is COC1=CCC2=C(C1)CC(C)C1C2CCC2(C)C(C)(C)CC3(C)CC132. The molecular weight excluding hydrogens is 304 g/mol. The number of methoxy groups -OCH3 is 1. The summed E-state index contributed by atoms with van der Waals surface area (Å²) in [6.07, 6.45) is 11.8. The van der Waals surface area contributed by atoms with Crippen LogP contribution in [0.4, 0.5) is 0 Å². The Balaban J connectivity index is 1.58. The highest BCUT2D eigenvalue weighted by atomic mass is 16.5. The minimum Gasteiger partial charge on any atom is -0.501 e. The van der Waals surface area contributed by atoms with Crippen molar-refractivity contribution in [3.8, 4) is 0 Å². The fraction of sp³-hybridized carbons (Fsp3) is 0.833. The van der Waals surface area contributed by atoms with Gasteiger partial charge in [-0.3, -0.25) is 0 Å². The first-order valence-electron chi connectivity index (χ1n) is 10.6. The van der Waals surface area contributed by atoms with Crippen LogP contribution in [0.3, 0.4) is 0 Å². The Morgan fingerprint density at radius 1 is 1.12 bits per heavy atom. The van der Waals surface area contributed by atoms with Crippen molar-refractivity contribution in [1.82, 2.24) is 0 Å². The number of hydrogen-bond donors (Lipinski definition) is 0. The molecule has 1 heteroatoms. The Hall–Kier alpha value is -0.720. The lowest BCUT2D eigenvalue weighted by molar-refractivity contribution is -0.0766. The van der Waals surface area contributed by atoms with Gasteiger partial charge < -0.3 is 4.74 Å². The third-order valence-electron chi connectivity index (χ3n) is 10.2. The Bertz CT molecular complexity index is 697. The average Bonchev–Trinajstić information content (AvgIpc) is 3.10. The van der Waals surface area contributed by atoms with Crippen LogP contribution in [0.5, 0.6) is 0 Å². The molecule has 0 N–H and O–H groups in total. The van der Waals surface area contributed by atoms with Gasteiger partial charge in [0.05, 0.1) is 12.9 Å². The standard InChI is InChI=1S/C24H36O/c1-15-11-16-12-17(25-6)7-8-18(16)19-9-10-23(5)21(2,3)13-22(4)14-24(22,23)20(15)19/h7,15,19-20H,8-14H2,1-6H3. The summed E-state index contributed by atoms with van der Waals surface area (Å²) in [7, 11) is 1.84. The monoisotopic (exact) mass is 340 g/mol. The first-order valence-corrected chi connectivity index (χ1v) is 10.6. The smallest absolute Gasteiger partial charge is 0.0959 e. The van der Waals surface area contributed by atoms with Crippen LogP contribution in [0.2, 0.25) is 0 Å². The van der Waals surface area contributed by atoms with Crippen molar-refractivity contribution < 1.29 is 4.74 Å². The second-order valence-corrected chi connectivity index (χ2v) is 11.3. The maximum Gasteiger partial charge on any atom is 0.0959 e. The first kappa shape index (κ1) is 16.5. The van der Waals surface area contributed by atoms with Crippen molar-refractivity contribution >= 4 is 0 Å². The van der Waals surface area contributed by atoms with Crippen molar-refractivity contribution in [2.45, 2.75) is 79.6 Å². The normalized spacial score (nSPS) is 52.6. The van der Waals surface area contributed by atoms with Crippen LogP contribution in [0.1, 0.15) is 79.6 Å². The molecule has 1 spiro atoms. The van der Waals surface area contributed by atoms with Crippen molar-refractivity contribution in [3.05, 3.63) is 23.0 Å². The highest BCUT2D eigenvalue weighted by Crippen LogP contribution is 2.91. The van der Waals surface area contributed by atoms with E-state index < -0.39 is 0 Å². The summed E-state index contributed by atoms with van der Waals surface area (Å²) in [4.78, 5) is 0. The molecule has 5 rings (SSSR count). The molecule has 138 valence electrons. The van der Waals surface area contributed by atoms with Crippen molar-refractivity contribution in [2.75, 3.05) is 7.11 Å². The first-order chi connectivity index (χ1) is 11.7. The Morgan fingerprint density at radius 2 is 1.88 bits per heavy atom. The molecule has 3 fully saturated rings. The lowest BCUT2D eigenvalue weighted by Crippen LogP contribution is -2.52. The van der Waals surface area contributed by atoms with Crippen LogP contribution in [-0.4, -0.2) is 7.11 Å². The van der Waals surface area contributed by atoms with E-state index in [0.717, 1.165) is 24.2 Å². The fourth-order valence-corrected chi connectivity index (χ4v) is 9.17. The van der Waals surface area contributed by atoms with Gasteiger partial charge in [0.25, 0.3) is 0 Å². The zero-order valence-corrected chi connectivity index (χ0v) is 17.2. The van der Waals surface area contributed by atoms with E-state index in [-0.39, 0.29) is 0 Å². The lowest BCUT2D eigenvalue weighted by atomic mass is 9.46. The number of allylic oxidation sites excluding steroid dienone is 3. The highest BCUT2D eigenvalue weighted by Gasteiger charge is 2.84. The molecule has 0 aromatic carbocycles. The Morgan fingerprint density at radius 3 is 2.60 bits per heavy atom. The number of fused-ring (bicyclic) bond motifs is 2. The van der Waals surface area contributed by atoms with Gasteiger partial charge in [0.15, 0.2) is 0 Å². The van der Waals surface area contributed by atoms with E-state index in [0.29, 0.717) is 21.7 Å². The van der Waals surface area contributed by atoms with E-state index in [1.54, 1.807) is 5.57 Å². The van der Waals surface area contributed by atoms with Crippen LogP contribution in [0, 0.1) is 39.4 Å². The van der Waals surface area contributed by atoms with Gasteiger partial charge in [-0.25, -0.2) is 0 Å². The number of hydrogen-bond acceptors (Lipinski definition) is 1. The van der Waals surface area contributed by atoms with Crippen LogP contribution in [-0.2, 0) is 4.74 Å². The van der Waals surface area contributed by atoms with Crippen molar-refractivity contribution in [1.29, 1.82) is 0 Å². The molecule has 6 atom stereocenters. The molecule has 1 nitrogen and oxygen atoms in total. The van der Waals surface area contributed by atoms with E-state index in [4.69, 9.17) is 4.74 Å². The van der Waals surface area contributed by atoms with Crippen LogP contribution < -0.4 is 0 Å². The molecule has 0 amide bonds. The van der Waals surface area contributed by atoms with Gasteiger partial charge in [0.1, 0.15) is 0 Å². The maximum absolute atomic E-state index is 5.60. The molecule has 0 radical (unpaired) electrons. The van der Waals surface area contributed by atoms with Crippen LogP contribution in [0.25, 0.3) is 0 Å².